The number of phenolic OH excluding ortho intramolecular Hbond substituents is 1. The molecule has 0 bridgehead atoms. The van der Waals surface area contributed by atoms with Gasteiger partial charge in [-0.1, -0.05) is 12.1 Å². The van der Waals surface area contributed by atoms with Crippen molar-refractivity contribution in [1.82, 2.24) is 10.2 Å². The quantitative estimate of drug-likeness (QED) is 0.911. The van der Waals surface area contributed by atoms with Gasteiger partial charge in [0.05, 0.1) is 13.2 Å². The second-order valence-electron chi connectivity index (χ2n) is 5.14. The number of thiophene rings is 1. The molecule has 1 atom stereocenters. The first kappa shape index (κ1) is 14.4. The first-order valence-corrected chi connectivity index (χ1v) is 8.02. The molecule has 0 amide bonds. The number of rotatable bonds is 4. The van der Waals surface area contributed by atoms with Gasteiger partial charge in [-0.15, -0.1) is 11.3 Å². The largest absolute Gasteiger partial charge is 0.504 e. The minimum atomic E-state index is 0.187. The molecule has 112 valence electrons. The Balaban J connectivity index is 1.98. The molecule has 0 spiro atoms. The summed E-state index contributed by atoms with van der Waals surface area (Å²) in [6, 6.07) is 10.1. The molecule has 21 heavy (non-hydrogen) atoms. The molecule has 2 heterocycles. The van der Waals surface area contributed by atoms with Gasteiger partial charge in [0.1, 0.15) is 0 Å². The standard InChI is InChI=1S/C16H20N2O2S/c1-20-14-11-12(4-5-13(14)19)16(15-3-2-10-21-15)18-8-6-17-7-9-18/h2-5,10-11,16-17,19H,6-9H2,1H3/t16-/m1/s1. The SMILES string of the molecule is COc1cc([C@H](c2cccs2)N2CCNCC2)ccc1O. The molecule has 0 radical (unpaired) electrons. The van der Waals surface area contributed by atoms with Crippen LogP contribution in [0.5, 0.6) is 11.5 Å². The lowest BCUT2D eigenvalue weighted by Crippen LogP contribution is -2.45. The second-order valence-corrected chi connectivity index (χ2v) is 6.11. The molecule has 0 aliphatic carbocycles. The third kappa shape index (κ3) is 3.05. The number of hydrogen-bond donors (Lipinski definition) is 2. The minimum absolute atomic E-state index is 0.187. The molecule has 1 aromatic heterocycles. The Kier molecular flexibility index (Phi) is 4.43. The van der Waals surface area contributed by atoms with Crippen LogP contribution in [0.15, 0.2) is 35.7 Å². The molecule has 1 aliphatic rings. The summed E-state index contributed by atoms with van der Waals surface area (Å²) in [5, 5.41) is 15.3. The number of ether oxygens (including phenoxy) is 1. The summed E-state index contributed by atoms with van der Waals surface area (Å²) >= 11 is 1.77. The van der Waals surface area contributed by atoms with Crippen LogP contribution in [-0.4, -0.2) is 43.3 Å². The van der Waals surface area contributed by atoms with Crippen LogP contribution in [0.1, 0.15) is 16.5 Å². The minimum Gasteiger partial charge on any atom is -0.504 e. The van der Waals surface area contributed by atoms with Crippen LogP contribution in [0, 0.1) is 0 Å². The summed E-state index contributed by atoms with van der Waals surface area (Å²) in [7, 11) is 1.59. The number of benzene rings is 1. The Morgan fingerprint density at radius 2 is 2.10 bits per heavy atom. The van der Waals surface area contributed by atoms with E-state index in [4.69, 9.17) is 4.74 Å². The first-order chi connectivity index (χ1) is 10.3. The highest BCUT2D eigenvalue weighted by Gasteiger charge is 2.25. The predicted octanol–water partition coefficient (Wildman–Crippen LogP) is 2.46. The molecule has 2 N–H and O–H groups in total. The van der Waals surface area contributed by atoms with E-state index in [2.05, 4.69) is 27.7 Å². The van der Waals surface area contributed by atoms with Gasteiger partial charge in [-0.05, 0) is 29.1 Å². The van der Waals surface area contributed by atoms with Crippen LogP contribution < -0.4 is 10.1 Å². The number of methoxy groups -OCH3 is 1. The number of nitrogens with zero attached hydrogens (tertiary/aromatic N) is 1. The maximum absolute atomic E-state index is 9.81. The van der Waals surface area contributed by atoms with Crippen molar-refractivity contribution in [3.05, 3.63) is 46.2 Å². The van der Waals surface area contributed by atoms with Crippen LogP contribution in [0.3, 0.4) is 0 Å². The Hall–Kier alpha value is -1.56. The van der Waals surface area contributed by atoms with Crippen LogP contribution >= 0.6 is 11.3 Å². The topological polar surface area (TPSA) is 44.7 Å². The van der Waals surface area contributed by atoms with Crippen LogP contribution in [-0.2, 0) is 0 Å². The number of piperazine rings is 1. The Morgan fingerprint density at radius 3 is 2.76 bits per heavy atom. The van der Waals surface area contributed by atoms with E-state index in [9.17, 15) is 5.11 Å². The summed E-state index contributed by atoms with van der Waals surface area (Å²) in [4.78, 5) is 3.80. The number of aromatic hydroxyl groups is 1. The molecule has 1 aromatic carbocycles. The summed E-state index contributed by atoms with van der Waals surface area (Å²) < 4.78 is 5.26. The fraction of sp³-hybridized carbons (Fsp3) is 0.375. The molecule has 2 aromatic rings. The predicted molar refractivity (Wildman–Crippen MR) is 85.3 cm³/mol. The molecule has 0 saturated carbocycles. The number of hydrogen-bond acceptors (Lipinski definition) is 5. The summed E-state index contributed by atoms with van der Waals surface area (Å²) in [6.45, 7) is 4.06. The maximum Gasteiger partial charge on any atom is 0.160 e. The highest BCUT2D eigenvalue weighted by molar-refractivity contribution is 7.10. The zero-order valence-corrected chi connectivity index (χ0v) is 12.9. The third-order valence-electron chi connectivity index (χ3n) is 3.85. The fourth-order valence-electron chi connectivity index (χ4n) is 2.81. The van der Waals surface area contributed by atoms with Gasteiger partial charge in [0.25, 0.3) is 0 Å². The average molecular weight is 304 g/mol. The zero-order chi connectivity index (χ0) is 14.7. The van der Waals surface area contributed by atoms with Gasteiger partial charge in [-0.2, -0.15) is 0 Å². The van der Waals surface area contributed by atoms with Gasteiger partial charge in [0, 0.05) is 31.1 Å². The van der Waals surface area contributed by atoms with E-state index in [1.54, 1.807) is 24.5 Å². The lowest BCUT2D eigenvalue weighted by Gasteiger charge is -2.35. The summed E-state index contributed by atoms with van der Waals surface area (Å²) in [6.07, 6.45) is 0. The van der Waals surface area contributed by atoms with Gasteiger partial charge < -0.3 is 15.2 Å². The van der Waals surface area contributed by atoms with Gasteiger partial charge in [0.2, 0.25) is 0 Å². The van der Waals surface area contributed by atoms with Gasteiger partial charge in [0.15, 0.2) is 11.5 Å². The van der Waals surface area contributed by atoms with Gasteiger partial charge >= 0.3 is 0 Å². The second kappa shape index (κ2) is 6.47. The van der Waals surface area contributed by atoms with Crippen molar-refractivity contribution in [1.29, 1.82) is 0 Å². The first-order valence-electron chi connectivity index (χ1n) is 7.14. The lowest BCUT2D eigenvalue weighted by atomic mass is 10.0. The highest BCUT2D eigenvalue weighted by Crippen LogP contribution is 2.36. The highest BCUT2D eigenvalue weighted by atomic mass is 32.1. The Morgan fingerprint density at radius 1 is 1.29 bits per heavy atom. The Bertz CT molecular complexity index is 580. The third-order valence-corrected chi connectivity index (χ3v) is 4.77. The van der Waals surface area contributed by atoms with Crippen molar-refractivity contribution in [3.8, 4) is 11.5 Å². The molecule has 3 rings (SSSR count). The molecular formula is C16H20N2O2S. The Labute approximate surface area is 129 Å². The summed E-state index contributed by atoms with van der Waals surface area (Å²) in [5.41, 5.74) is 1.16. The van der Waals surface area contributed by atoms with Crippen molar-refractivity contribution in [2.75, 3.05) is 33.3 Å². The van der Waals surface area contributed by atoms with Crippen molar-refractivity contribution in [2.45, 2.75) is 6.04 Å². The van der Waals surface area contributed by atoms with E-state index in [1.807, 2.05) is 12.1 Å². The summed E-state index contributed by atoms with van der Waals surface area (Å²) in [5.74, 6) is 0.718. The van der Waals surface area contributed by atoms with E-state index >= 15 is 0 Å². The molecule has 4 nitrogen and oxygen atoms in total. The molecule has 0 unspecified atom stereocenters. The maximum atomic E-state index is 9.81. The molecule has 1 fully saturated rings. The molecule has 1 aliphatic heterocycles. The smallest absolute Gasteiger partial charge is 0.160 e. The molecule has 5 heteroatoms. The van der Waals surface area contributed by atoms with Gasteiger partial charge in [-0.25, -0.2) is 0 Å². The molecule has 1 saturated heterocycles. The van der Waals surface area contributed by atoms with Crippen LogP contribution in [0.25, 0.3) is 0 Å². The van der Waals surface area contributed by atoms with E-state index in [0.29, 0.717) is 5.75 Å². The van der Waals surface area contributed by atoms with Gasteiger partial charge in [-0.3, -0.25) is 4.90 Å². The fourth-order valence-corrected chi connectivity index (χ4v) is 3.69. The number of nitrogens with one attached hydrogen (secondary N) is 1. The van der Waals surface area contributed by atoms with Crippen LogP contribution in [0.4, 0.5) is 0 Å². The zero-order valence-electron chi connectivity index (χ0n) is 12.1. The van der Waals surface area contributed by atoms with E-state index in [1.165, 1.54) is 4.88 Å². The number of phenols is 1. The molecular weight excluding hydrogens is 284 g/mol. The lowest BCUT2D eigenvalue weighted by molar-refractivity contribution is 0.200. The monoisotopic (exact) mass is 304 g/mol. The normalized spacial score (nSPS) is 17.6. The van der Waals surface area contributed by atoms with Crippen molar-refractivity contribution in [2.24, 2.45) is 0 Å². The van der Waals surface area contributed by atoms with Crippen molar-refractivity contribution < 1.29 is 9.84 Å². The average Bonchev–Trinajstić information content (AvgIpc) is 3.04. The van der Waals surface area contributed by atoms with Crippen molar-refractivity contribution in [3.63, 3.8) is 0 Å². The van der Waals surface area contributed by atoms with E-state index in [0.717, 1.165) is 31.7 Å². The van der Waals surface area contributed by atoms with Crippen molar-refractivity contribution >= 4 is 11.3 Å². The van der Waals surface area contributed by atoms with Crippen LogP contribution in [0.2, 0.25) is 0 Å². The van der Waals surface area contributed by atoms with E-state index < -0.39 is 0 Å². The van der Waals surface area contributed by atoms with E-state index in [-0.39, 0.29) is 11.8 Å².